The molecule has 1 aromatic carbocycles. The Morgan fingerprint density at radius 3 is 2.74 bits per heavy atom. The van der Waals surface area contributed by atoms with E-state index in [1.54, 1.807) is 12.5 Å². The molecule has 3 N–H and O–H groups in total. The average molecular weight is 365 g/mol. The zero-order chi connectivity index (χ0) is 18.5. The molecule has 2 aromatic heterocycles. The number of aromatic amines is 1. The van der Waals surface area contributed by atoms with Crippen LogP contribution in [0.15, 0.2) is 42.9 Å². The summed E-state index contributed by atoms with van der Waals surface area (Å²) in [5.74, 6) is 1.91. The molecule has 27 heavy (non-hydrogen) atoms. The summed E-state index contributed by atoms with van der Waals surface area (Å²) in [5, 5.41) is 21.9. The first-order chi connectivity index (χ1) is 13.3. The highest BCUT2D eigenvalue weighted by Gasteiger charge is 2.26. The number of anilines is 1. The smallest absolute Gasteiger partial charge is 0.160 e. The molecule has 1 fully saturated rings. The maximum absolute atomic E-state index is 10.6. The Morgan fingerprint density at radius 1 is 1.11 bits per heavy atom. The molecule has 1 saturated carbocycles. The number of rotatable bonds is 7. The van der Waals surface area contributed by atoms with E-state index < -0.39 is 0 Å². The van der Waals surface area contributed by atoms with Crippen LogP contribution >= 0.6 is 0 Å². The van der Waals surface area contributed by atoms with Gasteiger partial charge in [-0.1, -0.05) is 30.3 Å². The number of H-pyrrole nitrogens is 1. The van der Waals surface area contributed by atoms with E-state index in [2.05, 4.69) is 49.7 Å². The Morgan fingerprint density at radius 2 is 1.93 bits per heavy atom. The largest absolute Gasteiger partial charge is 0.393 e. The van der Waals surface area contributed by atoms with Crippen molar-refractivity contribution in [3.05, 3.63) is 48.4 Å². The highest BCUT2D eigenvalue weighted by atomic mass is 16.3. The number of nitrogens with zero attached hydrogens (tertiary/aromatic N) is 3. The van der Waals surface area contributed by atoms with Crippen LogP contribution in [0.4, 0.5) is 5.82 Å². The lowest BCUT2D eigenvalue weighted by Gasteiger charge is -2.31. The topological polar surface area (TPSA) is 86.7 Å². The van der Waals surface area contributed by atoms with Crippen molar-refractivity contribution in [1.29, 1.82) is 0 Å². The number of aromatic nitrogens is 4. The Balaban J connectivity index is 1.22. The number of hydrogen-bond donors (Lipinski definition) is 3. The van der Waals surface area contributed by atoms with E-state index in [1.807, 2.05) is 6.07 Å². The Kier molecular flexibility index (Phi) is 5.63. The van der Waals surface area contributed by atoms with Gasteiger partial charge in [0.2, 0.25) is 0 Å². The molecule has 0 amide bonds. The molecular formula is C21H27N5O. The summed E-state index contributed by atoms with van der Waals surface area (Å²) in [5.41, 5.74) is 2.07. The van der Waals surface area contributed by atoms with Crippen LogP contribution in [0.1, 0.15) is 37.7 Å². The van der Waals surface area contributed by atoms with Gasteiger partial charge in [-0.05, 0) is 55.9 Å². The quantitative estimate of drug-likeness (QED) is 0.596. The fourth-order valence-electron chi connectivity index (χ4n) is 4.12. The van der Waals surface area contributed by atoms with Gasteiger partial charge in [0.1, 0.15) is 12.1 Å². The zero-order valence-corrected chi connectivity index (χ0v) is 15.5. The predicted molar refractivity (Wildman–Crippen MR) is 106 cm³/mol. The maximum Gasteiger partial charge on any atom is 0.160 e. The van der Waals surface area contributed by atoms with Gasteiger partial charge >= 0.3 is 0 Å². The van der Waals surface area contributed by atoms with E-state index in [4.69, 9.17) is 0 Å². The lowest BCUT2D eigenvalue weighted by Crippen LogP contribution is -2.28. The fourth-order valence-corrected chi connectivity index (χ4v) is 4.12. The van der Waals surface area contributed by atoms with E-state index >= 15 is 0 Å². The molecule has 6 nitrogen and oxygen atoms in total. The Bertz CT molecular complexity index is 842. The first kappa shape index (κ1) is 17.9. The van der Waals surface area contributed by atoms with E-state index in [9.17, 15) is 5.11 Å². The van der Waals surface area contributed by atoms with Crippen molar-refractivity contribution in [2.75, 3.05) is 11.9 Å². The van der Waals surface area contributed by atoms with Gasteiger partial charge in [0.25, 0.3) is 0 Å². The van der Waals surface area contributed by atoms with Crippen molar-refractivity contribution in [2.45, 2.75) is 44.6 Å². The van der Waals surface area contributed by atoms with Crippen LogP contribution in [-0.4, -0.2) is 37.9 Å². The molecule has 0 saturated heterocycles. The van der Waals surface area contributed by atoms with E-state index in [0.717, 1.165) is 61.9 Å². The highest BCUT2D eigenvalue weighted by Crippen LogP contribution is 2.32. The first-order valence-electron chi connectivity index (χ1n) is 9.89. The molecule has 0 radical (unpaired) electrons. The third-order valence-electron chi connectivity index (χ3n) is 5.81. The van der Waals surface area contributed by atoms with Crippen LogP contribution in [0.2, 0.25) is 0 Å². The second kappa shape index (κ2) is 8.48. The minimum Gasteiger partial charge on any atom is -0.393 e. The van der Waals surface area contributed by atoms with Crippen LogP contribution in [-0.2, 0) is 6.42 Å². The molecule has 2 heterocycles. The Hall–Kier alpha value is -2.47. The van der Waals surface area contributed by atoms with E-state index in [1.165, 1.54) is 5.56 Å². The van der Waals surface area contributed by atoms with Crippen LogP contribution < -0.4 is 5.32 Å². The summed E-state index contributed by atoms with van der Waals surface area (Å²) in [4.78, 5) is 8.51. The van der Waals surface area contributed by atoms with Gasteiger partial charge < -0.3 is 10.4 Å². The molecule has 6 heteroatoms. The number of hydrogen-bond acceptors (Lipinski definition) is 5. The number of aryl methyl sites for hydroxylation is 1. The summed E-state index contributed by atoms with van der Waals surface area (Å²) < 4.78 is 0. The van der Waals surface area contributed by atoms with Gasteiger partial charge in [0.05, 0.1) is 17.7 Å². The third kappa shape index (κ3) is 4.45. The normalized spacial score (nSPS) is 21.2. The SMILES string of the molecule is OC(CCc1ccccc1)[C@H]1CC[C@@H](CNc2ncnc3[nH]ncc23)CC1. The fraction of sp³-hybridized carbons (Fsp3) is 0.476. The zero-order valence-electron chi connectivity index (χ0n) is 15.5. The minimum atomic E-state index is -0.188. The molecule has 0 aliphatic heterocycles. The number of benzene rings is 1. The lowest BCUT2D eigenvalue weighted by atomic mass is 9.78. The standard InChI is InChI=1S/C21H27N5O/c27-19(11-8-15-4-2-1-3-5-15)17-9-6-16(7-10-17)12-22-20-18-13-25-26-21(18)24-14-23-20/h1-5,13-14,16-17,19,27H,6-12H2,(H2,22,23,24,25,26)/t16-,17+,19?. The number of fused-ring (bicyclic) bond motifs is 1. The van der Waals surface area contributed by atoms with Gasteiger partial charge in [-0.15, -0.1) is 0 Å². The van der Waals surface area contributed by atoms with Gasteiger partial charge in [0.15, 0.2) is 5.65 Å². The second-order valence-electron chi connectivity index (χ2n) is 7.61. The molecule has 3 aromatic rings. The maximum atomic E-state index is 10.6. The van der Waals surface area contributed by atoms with E-state index in [-0.39, 0.29) is 6.10 Å². The molecule has 142 valence electrons. The molecule has 4 rings (SSSR count). The molecular weight excluding hydrogens is 338 g/mol. The molecule has 1 aliphatic rings. The van der Waals surface area contributed by atoms with Crippen molar-refractivity contribution >= 4 is 16.9 Å². The van der Waals surface area contributed by atoms with Crippen LogP contribution in [0.5, 0.6) is 0 Å². The third-order valence-corrected chi connectivity index (χ3v) is 5.81. The van der Waals surface area contributed by atoms with Crippen LogP contribution in [0, 0.1) is 11.8 Å². The summed E-state index contributed by atoms with van der Waals surface area (Å²) in [6, 6.07) is 10.4. The predicted octanol–water partition coefficient (Wildman–Crippen LogP) is 3.56. The summed E-state index contributed by atoms with van der Waals surface area (Å²) in [6.07, 6.45) is 9.46. The summed E-state index contributed by atoms with van der Waals surface area (Å²) >= 11 is 0. The van der Waals surface area contributed by atoms with Gasteiger partial charge in [-0.3, -0.25) is 5.10 Å². The molecule has 1 unspecified atom stereocenters. The number of aliphatic hydroxyl groups excluding tert-OH is 1. The molecule has 0 spiro atoms. The lowest BCUT2D eigenvalue weighted by molar-refractivity contribution is 0.0684. The second-order valence-corrected chi connectivity index (χ2v) is 7.61. The van der Waals surface area contributed by atoms with Crippen molar-refractivity contribution in [1.82, 2.24) is 20.2 Å². The highest BCUT2D eigenvalue weighted by molar-refractivity contribution is 5.85. The van der Waals surface area contributed by atoms with Crippen molar-refractivity contribution in [3.63, 3.8) is 0 Å². The van der Waals surface area contributed by atoms with Crippen molar-refractivity contribution < 1.29 is 5.11 Å². The average Bonchev–Trinajstić information content (AvgIpc) is 3.21. The van der Waals surface area contributed by atoms with E-state index in [0.29, 0.717) is 11.8 Å². The van der Waals surface area contributed by atoms with Crippen LogP contribution in [0.25, 0.3) is 11.0 Å². The molecule has 1 aliphatic carbocycles. The van der Waals surface area contributed by atoms with Gasteiger partial charge in [0, 0.05) is 6.54 Å². The van der Waals surface area contributed by atoms with Crippen LogP contribution in [0.3, 0.4) is 0 Å². The first-order valence-corrected chi connectivity index (χ1v) is 9.89. The summed E-state index contributed by atoms with van der Waals surface area (Å²) in [6.45, 7) is 0.907. The molecule has 1 atom stereocenters. The molecule has 0 bridgehead atoms. The Labute approximate surface area is 159 Å². The van der Waals surface area contributed by atoms with Crippen molar-refractivity contribution in [3.8, 4) is 0 Å². The van der Waals surface area contributed by atoms with Gasteiger partial charge in [-0.2, -0.15) is 5.10 Å². The van der Waals surface area contributed by atoms with Crippen molar-refractivity contribution in [2.24, 2.45) is 11.8 Å². The summed E-state index contributed by atoms with van der Waals surface area (Å²) in [7, 11) is 0. The monoisotopic (exact) mass is 365 g/mol. The van der Waals surface area contributed by atoms with Gasteiger partial charge in [-0.25, -0.2) is 9.97 Å². The number of nitrogens with one attached hydrogen (secondary N) is 2. The minimum absolute atomic E-state index is 0.188. The number of aliphatic hydroxyl groups is 1.